The van der Waals surface area contributed by atoms with E-state index in [1.165, 1.54) is 0 Å². The van der Waals surface area contributed by atoms with Gasteiger partial charge < -0.3 is 25.2 Å². The molecule has 35 heavy (non-hydrogen) atoms. The Labute approximate surface area is 207 Å². The van der Waals surface area contributed by atoms with Crippen molar-refractivity contribution >= 4 is 46.3 Å². The Morgan fingerprint density at radius 1 is 1.14 bits per heavy atom. The Bertz CT molecular complexity index is 1260. The monoisotopic (exact) mass is 495 g/mol. The van der Waals surface area contributed by atoms with Crippen LogP contribution in [0.2, 0.25) is 5.02 Å². The van der Waals surface area contributed by atoms with Gasteiger partial charge in [-0.3, -0.25) is 14.3 Å². The van der Waals surface area contributed by atoms with E-state index in [4.69, 9.17) is 16.3 Å². The van der Waals surface area contributed by atoms with Crippen LogP contribution in [-0.2, 0) is 22.5 Å². The third kappa shape index (κ3) is 5.08. The van der Waals surface area contributed by atoms with Gasteiger partial charge in [-0.05, 0) is 18.1 Å². The minimum atomic E-state index is -0.0167. The summed E-state index contributed by atoms with van der Waals surface area (Å²) in [6.45, 7) is 3.18. The van der Waals surface area contributed by atoms with Gasteiger partial charge in [0.15, 0.2) is 0 Å². The number of hydrogen-bond donors (Lipinski definition) is 2. The fourth-order valence-corrected chi connectivity index (χ4v) is 4.36. The summed E-state index contributed by atoms with van der Waals surface area (Å²) in [4.78, 5) is 33.1. The number of benzene rings is 1. The Morgan fingerprint density at radius 2 is 1.97 bits per heavy atom. The molecule has 4 heterocycles. The molecule has 2 aliphatic rings. The summed E-state index contributed by atoms with van der Waals surface area (Å²) in [5, 5.41) is 11.2. The topological polar surface area (TPSA) is 105 Å². The largest absolute Gasteiger partial charge is 0.378 e. The molecule has 2 aromatic heterocycles. The number of rotatable bonds is 6. The van der Waals surface area contributed by atoms with Gasteiger partial charge in [0, 0.05) is 38.9 Å². The van der Waals surface area contributed by atoms with Crippen LogP contribution < -0.4 is 10.6 Å². The lowest BCUT2D eigenvalue weighted by Crippen LogP contribution is -2.42. The van der Waals surface area contributed by atoms with Crippen LogP contribution in [-0.4, -0.2) is 76.3 Å². The van der Waals surface area contributed by atoms with Crippen LogP contribution in [0.5, 0.6) is 0 Å². The molecular weight excluding hydrogens is 470 g/mol. The van der Waals surface area contributed by atoms with E-state index in [1.54, 1.807) is 46.2 Å². The summed E-state index contributed by atoms with van der Waals surface area (Å²) in [5.74, 6) is 0.534. The number of nitrogens with zero attached hydrogens (tertiary/aromatic N) is 5. The third-order valence-electron chi connectivity index (χ3n) is 6.12. The molecule has 182 valence electrons. The first-order valence-corrected chi connectivity index (χ1v) is 11.8. The van der Waals surface area contributed by atoms with Crippen molar-refractivity contribution in [3.05, 3.63) is 59.0 Å². The maximum Gasteiger partial charge on any atom is 0.255 e. The van der Waals surface area contributed by atoms with Gasteiger partial charge in [0.25, 0.3) is 5.91 Å². The van der Waals surface area contributed by atoms with Crippen molar-refractivity contribution in [2.24, 2.45) is 0 Å². The van der Waals surface area contributed by atoms with Gasteiger partial charge in [-0.25, -0.2) is 4.98 Å². The van der Waals surface area contributed by atoms with Gasteiger partial charge in [-0.15, -0.1) is 0 Å². The van der Waals surface area contributed by atoms with Crippen molar-refractivity contribution in [3.8, 4) is 0 Å². The highest BCUT2D eigenvalue weighted by Crippen LogP contribution is 2.32. The van der Waals surface area contributed by atoms with Crippen LogP contribution in [0.15, 0.2) is 42.9 Å². The van der Waals surface area contributed by atoms with E-state index >= 15 is 0 Å². The number of carbonyl (C=O) groups excluding carboxylic acids is 2. The Morgan fingerprint density at radius 3 is 2.80 bits per heavy atom. The lowest BCUT2D eigenvalue weighted by Gasteiger charge is -2.27. The van der Waals surface area contributed by atoms with E-state index in [2.05, 4.69) is 20.7 Å². The first-order valence-electron chi connectivity index (χ1n) is 11.4. The highest BCUT2D eigenvalue weighted by Gasteiger charge is 2.25. The lowest BCUT2D eigenvalue weighted by molar-refractivity contribution is -0.136. The number of amides is 2. The minimum Gasteiger partial charge on any atom is -0.378 e. The number of halogens is 1. The number of pyridine rings is 1. The molecule has 5 rings (SSSR count). The second kappa shape index (κ2) is 9.93. The number of aromatic nitrogens is 3. The summed E-state index contributed by atoms with van der Waals surface area (Å²) in [6.07, 6.45) is 5.74. The minimum absolute atomic E-state index is 0.00504. The van der Waals surface area contributed by atoms with Gasteiger partial charge in [0.1, 0.15) is 12.4 Å². The number of ether oxygens (including phenoxy) is 1. The molecule has 0 spiro atoms. The number of carbonyl (C=O) groups is 2. The van der Waals surface area contributed by atoms with Crippen LogP contribution in [0.25, 0.3) is 0 Å². The molecular formula is C24H26ClN7O3. The number of nitrogens with one attached hydrogen (secondary N) is 2. The third-order valence-corrected chi connectivity index (χ3v) is 6.42. The lowest BCUT2D eigenvalue weighted by atomic mass is 9.97. The maximum absolute atomic E-state index is 12.8. The van der Waals surface area contributed by atoms with Crippen LogP contribution in [0.4, 0.5) is 22.9 Å². The smallest absolute Gasteiger partial charge is 0.255 e. The molecule has 2 aliphatic heterocycles. The van der Waals surface area contributed by atoms with E-state index in [-0.39, 0.29) is 18.4 Å². The predicted octanol–water partition coefficient (Wildman–Crippen LogP) is 2.91. The number of hydrogen-bond acceptors (Lipinski definition) is 7. The van der Waals surface area contributed by atoms with Crippen molar-refractivity contribution in [1.82, 2.24) is 24.6 Å². The van der Waals surface area contributed by atoms with Crippen molar-refractivity contribution in [2.45, 2.75) is 13.0 Å². The van der Waals surface area contributed by atoms with Crippen LogP contribution in [0, 0.1) is 0 Å². The molecule has 0 unspecified atom stereocenters. The van der Waals surface area contributed by atoms with Gasteiger partial charge in [-0.2, -0.15) is 5.10 Å². The molecule has 2 N–H and O–H groups in total. The zero-order valence-corrected chi connectivity index (χ0v) is 20.1. The second-order valence-corrected chi connectivity index (χ2v) is 8.94. The normalized spacial score (nSPS) is 15.7. The second-order valence-electron chi connectivity index (χ2n) is 8.54. The molecule has 0 bridgehead atoms. The van der Waals surface area contributed by atoms with Crippen LogP contribution in [0.3, 0.4) is 0 Å². The highest BCUT2D eigenvalue weighted by atomic mass is 35.5. The van der Waals surface area contributed by atoms with Crippen LogP contribution in [0.1, 0.15) is 15.9 Å². The van der Waals surface area contributed by atoms with Gasteiger partial charge in [0.05, 0.1) is 53.3 Å². The Kier molecular flexibility index (Phi) is 6.56. The molecule has 1 fully saturated rings. The predicted molar refractivity (Wildman–Crippen MR) is 133 cm³/mol. The molecule has 1 aromatic carbocycles. The highest BCUT2D eigenvalue weighted by molar-refractivity contribution is 6.33. The van der Waals surface area contributed by atoms with Crippen molar-refractivity contribution in [2.75, 3.05) is 50.5 Å². The van der Waals surface area contributed by atoms with Crippen molar-refractivity contribution in [3.63, 3.8) is 0 Å². The molecule has 2 amide bonds. The summed E-state index contributed by atoms with van der Waals surface area (Å²) >= 11 is 6.42. The summed E-state index contributed by atoms with van der Waals surface area (Å²) < 4.78 is 6.89. The molecule has 10 nitrogen and oxygen atoms in total. The average Bonchev–Trinajstić information content (AvgIpc) is 3.30. The summed E-state index contributed by atoms with van der Waals surface area (Å²) in [5.41, 5.74) is 3.69. The number of anilines is 4. The number of morpholine rings is 1. The zero-order valence-electron chi connectivity index (χ0n) is 19.3. The van der Waals surface area contributed by atoms with E-state index in [0.717, 1.165) is 12.0 Å². The standard InChI is InChI=1S/C24H26ClN7O3/c1-30-6-5-16-3-2-4-19(23(16)24(30)34)29-20-11-21(26-13-18(20)25)28-17-12-27-32(14-17)15-22(33)31-7-9-35-10-8-31/h2-4,11-14H,5-10,15H2,1H3,(H2,26,28,29). The quantitative estimate of drug-likeness (QED) is 0.541. The average molecular weight is 496 g/mol. The van der Waals surface area contributed by atoms with Gasteiger partial charge in [0.2, 0.25) is 5.91 Å². The fourth-order valence-electron chi connectivity index (χ4n) is 4.21. The molecule has 3 aromatic rings. The van der Waals surface area contributed by atoms with E-state index in [1.807, 2.05) is 18.2 Å². The fraction of sp³-hybridized carbons (Fsp3) is 0.333. The molecule has 0 atom stereocenters. The molecule has 1 saturated heterocycles. The first-order chi connectivity index (χ1) is 17.0. The zero-order chi connectivity index (χ0) is 24.4. The summed E-state index contributed by atoms with van der Waals surface area (Å²) in [7, 11) is 1.80. The Hall–Kier alpha value is -3.63. The SMILES string of the molecule is CN1CCc2cccc(Nc3cc(Nc4cnn(CC(=O)N5CCOCC5)c4)ncc3Cl)c2C1=O. The van der Waals surface area contributed by atoms with Crippen molar-refractivity contribution < 1.29 is 14.3 Å². The molecule has 0 aliphatic carbocycles. The van der Waals surface area contributed by atoms with E-state index < -0.39 is 0 Å². The van der Waals surface area contributed by atoms with Crippen LogP contribution >= 0.6 is 11.6 Å². The molecule has 0 saturated carbocycles. The van der Waals surface area contributed by atoms with E-state index in [0.29, 0.717) is 66.3 Å². The van der Waals surface area contributed by atoms with Gasteiger partial charge >= 0.3 is 0 Å². The number of likely N-dealkylation sites (N-methyl/N-ethyl adjacent to an activating group) is 1. The van der Waals surface area contributed by atoms with E-state index in [9.17, 15) is 9.59 Å². The Balaban J connectivity index is 1.30. The summed E-state index contributed by atoms with van der Waals surface area (Å²) in [6, 6.07) is 7.55. The maximum atomic E-state index is 12.8. The van der Waals surface area contributed by atoms with Gasteiger partial charge in [-0.1, -0.05) is 23.7 Å². The first kappa shape index (κ1) is 23.1. The van der Waals surface area contributed by atoms with Crippen molar-refractivity contribution in [1.29, 1.82) is 0 Å². The number of fused-ring (bicyclic) bond motifs is 1. The molecule has 0 radical (unpaired) electrons. The molecule has 11 heteroatoms.